The number of ether oxygens (including phenoxy) is 1. The second-order valence-corrected chi connectivity index (χ2v) is 9.60. The molecule has 7 heteroatoms. The lowest BCUT2D eigenvalue weighted by atomic mass is 9.79. The summed E-state index contributed by atoms with van der Waals surface area (Å²) < 4.78 is 5.24. The smallest absolute Gasteiger partial charge is 0.222 e. The molecule has 7 nitrogen and oxygen atoms in total. The Bertz CT molecular complexity index is 702. The second-order valence-electron chi connectivity index (χ2n) is 9.60. The molecule has 194 valence electrons. The van der Waals surface area contributed by atoms with Crippen molar-refractivity contribution in [1.29, 1.82) is 0 Å². The van der Waals surface area contributed by atoms with Gasteiger partial charge in [0.15, 0.2) is 0 Å². The summed E-state index contributed by atoms with van der Waals surface area (Å²) in [5.74, 6) is -0.0969. The Morgan fingerprint density at radius 1 is 1.09 bits per heavy atom. The normalized spacial score (nSPS) is 14.0. The van der Waals surface area contributed by atoms with Gasteiger partial charge in [-0.1, -0.05) is 39.8 Å². The zero-order valence-corrected chi connectivity index (χ0v) is 21.9. The number of nitrogens with zero attached hydrogens (tertiary/aromatic N) is 1. The van der Waals surface area contributed by atoms with Gasteiger partial charge in [0.05, 0.1) is 13.2 Å². The Hall–Kier alpha value is -2.12. The van der Waals surface area contributed by atoms with Gasteiger partial charge in [-0.05, 0) is 62.3 Å². The van der Waals surface area contributed by atoms with Crippen LogP contribution in [-0.2, 0) is 16.0 Å². The van der Waals surface area contributed by atoms with E-state index in [4.69, 9.17) is 10.5 Å². The van der Waals surface area contributed by atoms with Gasteiger partial charge in [-0.15, -0.1) is 0 Å². The highest BCUT2D eigenvalue weighted by molar-refractivity contribution is 5.80. The number of hydrogen-bond donors (Lipinski definition) is 3. The number of rotatable bonds is 18. The van der Waals surface area contributed by atoms with Crippen molar-refractivity contribution in [3.63, 3.8) is 0 Å². The number of aliphatic hydroxyl groups excluding tert-OH is 1. The second kappa shape index (κ2) is 16.5. The number of methoxy groups -OCH3 is 1. The first-order valence-corrected chi connectivity index (χ1v) is 12.8. The Morgan fingerprint density at radius 2 is 1.71 bits per heavy atom. The maximum Gasteiger partial charge on any atom is 0.222 e. The Kier molecular flexibility index (Phi) is 14.5. The molecule has 0 radical (unpaired) electrons. The first-order valence-electron chi connectivity index (χ1n) is 12.8. The van der Waals surface area contributed by atoms with Crippen LogP contribution >= 0.6 is 0 Å². The maximum atomic E-state index is 12.8. The van der Waals surface area contributed by atoms with E-state index >= 15 is 0 Å². The molecule has 0 spiro atoms. The van der Waals surface area contributed by atoms with Crippen LogP contribution < -0.4 is 15.8 Å². The standard InChI is InChI=1S/C27H47N3O4/c1-6-16-30(17-7-2)26(32)13-12-23(27(28)33)24(25(31)19-29-15-14-20(3)4)18-21-8-10-22(34-5)11-9-21/h8-11,20,23-25,29,31H,6-7,12-19H2,1-5H3,(H2,28,33)/t23?,24-,25-/m0/s1. The number of hydrogen-bond acceptors (Lipinski definition) is 5. The molecule has 0 heterocycles. The number of carbonyl (C=O) groups is 2. The first-order chi connectivity index (χ1) is 16.2. The van der Waals surface area contributed by atoms with Crippen LogP contribution in [0.4, 0.5) is 0 Å². The molecule has 34 heavy (non-hydrogen) atoms. The Balaban J connectivity index is 2.99. The van der Waals surface area contributed by atoms with Crippen LogP contribution in [0.5, 0.6) is 5.75 Å². The lowest BCUT2D eigenvalue weighted by Gasteiger charge is -2.30. The number of amides is 2. The van der Waals surface area contributed by atoms with Crippen molar-refractivity contribution in [1.82, 2.24) is 10.2 Å². The fourth-order valence-electron chi connectivity index (χ4n) is 4.28. The fraction of sp³-hybridized carbons (Fsp3) is 0.704. The number of carbonyl (C=O) groups excluding carboxylic acids is 2. The fourth-order valence-corrected chi connectivity index (χ4v) is 4.28. The van der Waals surface area contributed by atoms with Gasteiger partial charge in [-0.3, -0.25) is 9.59 Å². The third-order valence-electron chi connectivity index (χ3n) is 6.27. The van der Waals surface area contributed by atoms with Crippen molar-refractivity contribution in [2.45, 2.75) is 72.3 Å². The molecule has 1 aromatic rings. The van der Waals surface area contributed by atoms with E-state index in [1.807, 2.05) is 29.2 Å². The van der Waals surface area contributed by atoms with Crippen molar-refractivity contribution < 1.29 is 19.4 Å². The van der Waals surface area contributed by atoms with E-state index in [1.165, 1.54) is 0 Å². The molecule has 1 rings (SSSR count). The molecule has 0 aromatic heterocycles. The first kappa shape index (κ1) is 29.9. The lowest BCUT2D eigenvalue weighted by molar-refractivity contribution is -0.132. The number of benzene rings is 1. The largest absolute Gasteiger partial charge is 0.497 e. The van der Waals surface area contributed by atoms with E-state index in [1.54, 1.807) is 7.11 Å². The topological polar surface area (TPSA) is 105 Å². The van der Waals surface area contributed by atoms with Crippen LogP contribution in [-0.4, -0.2) is 61.2 Å². The van der Waals surface area contributed by atoms with Crippen molar-refractivity contribution >= 4 is 11.8 Å². The molecule has 0 bridgehead atoms. The van der Waals surface area contributed by atoms with Crippen LogP contribution in [0.15, 0.2) is 24.3 Å². The van der Waals surface area contributed by atoms with E-state index < -0.39 is 23.8 Å². The van der Waals surface area contributed by atoms with Gasteiger partial charge in [-0.25, -0.2) is 0 Å². The monoisotopic (exact) mass is 477 g/mol. The van der Waals surface area contributed by atoms with E-state index in [0.717, 1.165) is 37.1 Å². The summed E-state index contributed by atoms with van der Waals surface area (Å²) in [5, 5.41) is 14.4. The highest BCUT2D eigenvalue weighted by Gasteiger charge is 2.33. The van der Waals surface area contributed by atoms with Crippen molar-refractivity contribution in [3.05, 3.63) is 29.8 Å². The van der Waals surface area contributed by atoms with Crippen molar-refractivity contribution in [2.24, 2.45) is 23.5 Å². The van der Waals surface area contributed by atoms with Gasteiger partial charge in [0.2, 0.25) is 11.8 Å². The molecule has 2 amide bonds. The molecular weight excluding hydrogens is 430 g/mol. The van der Waals surface area contributed by atoms with Crippen LogP contribution in [0.1, 0.15) is 65.4 Å². The zero-order valence-electron chi connectivity index (χ0n) is 21.9. The SMILES string of the molecule is CCCN(CCC)C(=O)CCC(C(N)=O)[C@H](Cc1ccc(OC)cc1)[C@@H](O)CNCCC(C)C. The third kappa shape index (κ3) is 10.9. The van der Waals surface area contributed by atoms with E-state index in [0.29, 0.717) is 38.4 Å². The van der Waals surface area contributed by atoms with Gasteiger partial charge < -0.3 is 25.8 Å². The average molecular weight is 478 g/mol. The quantitative estimate of drug-likeness (QED) is 0.281. The van der Waals surface area contributed by atoms with Gasteiger partial charge in [-0.2, -0.15) is 0 Å². The Morgan fingerprint density at radius 3 is 2.21 bits per heavy atom. The Labute approximate surface area is 206 Å². The van der Waals surface area contributed by atoms with Crippen LogP contribution in [0.3, 0.4) is 0 Å². The maximum absolute atomic E-state index is 12.8. The summed E-state index contributed by atoms with van der Waals surface area (Å²) in [7, 11) is 1.62. The molecule has 0 fully saturated rings. The van der Waals surface area contributed by atoms with Crippen LogP contribution in [0.25, 0.3) is 0 Å². The minimum absolute atomic E-state index is 0.0442. The molecule has 0 aliphatic heterocycles. The van der Waals surface area contributed by atoms with Crippen LogP contribution in [0, 0.1) is 17.8 Å². The molecule has 1 aromatic carbocycles. The molecule has 0 aliphatic rings. The van der Waals surface area contributed by atoms with Gasteiger partial charge >= 0.3 is 0 Å². The van der Waals surface area contributed by atoms with Gasteiger partial charge in [0.25, 0.3) is 0 Å². The lowest BCUT2D eigenvalue weighted by Crippen LogP contribution is -2.43. The number of aliphatic hydroxyl groups is 1. The van der Waals surface area contributed by atoms with Crippen molar-refractivity contribution in [2.75, 3.05) is 33.3 Å². The number of nitrogens with one attached hydrogen (secondary N) is 1. The highest BCUT2D eigenvalue weighted by atomic mass is 16.5. The van der Waals surface area contributed by atoms with E-state index in [9.17, 15) is 14.7 Å². The van der Waals surface area contributed by atoms with E-state index in [2.05, 4.69) is 33.0 Å². The minimum Gasteiger partial charge on any atom is -0.497 e. The van der Waals surface area contributed by atoms with Crippen LogP contribution in [0.2, 0.25) is 0 Å². The summed E-state index contributed by atoms with van der Waals surface area (Å²) in [4.78, 5) is 27.2. The predicted molar refractivity (Wildman–Crippen MR) is 138 cm³/mol. The summed E-state index contributed by atoms with van der Waals surface area (Å²) in [6, 6.07) is 7.63. The molecule has 1 unspecified atom stereocenters. The summed E-state index contributed by atoms with van der Waals surface area (Å²) >= 11 is 0. The number of primary amides is 1. The summed E-state index contributed by atoms with van der Waals surface area (Å²) in [6.45, 7) is 11.0. The molecule has 0 aliphatic carbocycles. The van der Waals surface area contributed by atoms with Crippen molar-refractivity contribution in [3.8, 4) is 5.75 Å². The summed E-state index contributed by atoms with van der Waals surface area (Å²) in [6.07, 6.45) is 3.12. The van der Waals surface area contributed by atoms with Gasteiger partial charge in [0.1, 0.15) is 5.75 Å². The molecule has 0 saturated carbocycles. The molecular formula is C27H47N3O4. The molecule has 4 N–H and O–H groups in total. The average Bonchev–Trinajstić information content (AvgIpc) is 2.80. The summed E-state index contributed by atoms with van der Waals surface area (Å²) in [5.41, 5.74) is 6.82. The van der Waals surface area contributed by atoms with Gasteiger partial charge in [0, 0.05) is 37.9 Å². The third-order valence-corrected chi connectivity index (χ3v) is 6.27. The van der Waals surface area contributed by atoms with E-state index in [-0.39, 0.29) is 12.3 Å². The number of nitrogens with two attached hydrogens (primary N) is 1. The zero-order chi connectivity index (χ0) is 25.5. The molecule has 0 saturated heterocycles. The minimum atomic E-state index is -0.760. The molecule has 3 atom stereocenters. The predicted octanol–water partition coefficient (Wildman–Crippen LogP) is 3.38. The highest BCUT2D eigenvalue weighted by Crippen LogP contribution is 2.27.